The van der Waals surface area contributed by atoms with Gasteiger partial charge in [0.05, 0.1) is 11.7 Å². The van der Waals surface area contributed by atoms with Crippen LogP contribution in [0.1, 0.15) is 22.8 Å². The summed E-state index contributed by atoms with van der Waals surface area (Å²) in [6, 6.07) is 3.89. The van der Waals surface area contributed by atoms with Crippen molar-refractivity contribution in [1.29, 1.82) is 0 Å². The quantitative estimate of drug-likeness (QED) is 0.701. The van der Waals surface area contributed by atoms with Crippen LogP contribution in [-0.4, -0.2) is 34.2 Å². The topological polar surface area (TPSA) is 86.6 Å². The first-order valence-electron chi connectivity index (χ1n) is 5.31. The summed E-state index contributed by atoms with van der Waals surface area (Å²) in [7, 11) is 0. The van der Waals surface area contributed by atoms with Crippen LogP contribution in [0.2, 0.25) is 0 Å². The number of aliphatic carboxylic acids is 1. The normalized spacial score (nSPS) is 13.8. The number of rotatable bonds is 4. The van der Waals surface area contributed by atoms with E-state index in [1.165, 1.54) is 6.92 Å². The first kappa shape index (κ1) is 14.9. The van der Waals surface area contributed by atoms with Crippen molar-refractivity contribution in [1.82, 2.24) is 5.32 Å². The van der Waals surface area contributed by atoms with Gasteiger partial charge in [0.1, 0.15) is 0 Å². The molecule has 6 heteroatoms. The minimum atomic E-state index is -1.31. The van der Waals surface area contributed by atoms with Gasteiger partial charge in [-0.1, -0.05) is 12.1 Å². The number of carbonyl (C=O) groups is 2. The Balaban J connectivity index is 2.94. The van der Waals surface area contributed by atoms with E-state index in [2.05, 4.69) is 5.32 Å². The van der Waals surface area contributed by atoms with E-state index < -0.39 is 24.0 Å². The molecule has 2 atom stereocenters. The highest BCUT2D eigenvalue weighted by Gasteiger charge is 2.26. The van der Waals surface area contributed by atoms with Gasteiger partial charge < -0.3 is 15.5 Å². The second kappa shape index (κ2) is 6.14. The Morgan fingerprint density at radius 3 is 2.50 bits per heavy atom. The summed E-state index contributed by atoms with van der Waals surface area (Å²) < 4.78 is 0.766. The van der Waals surface area contributed by atoms with Gasteiger partial charge >= 0.3 is 5.97 Å². The largest absolute Gasteiger partial charge is 0.480 e. The van der Waals surface area contributed by atoms with E-state index in [0.29, 0.717) is 5.56 Å². The molecule has 0 spiro atoms. The summed E-state index contributed by atoms with van der Waals surface area (Å²) in [4.78, 5) is 22.8. The molecular weight excluding hydrogens is 349 g/mol. The third-order valence-electron chi connectivity index (χ3n) is 2.47. The molecule has 0 fully saturated rings. The number of nitrogens with one attached hydrogen (secondary N) is 1. The number of amides is 1. The molecule has 1 rings (SSSR count). The van der Waals surface area contributed by atoms with Crippen LogP contribution < -0.4 is 5.32 Å². The van der Waals surface area contributed by atoms with Crippen LogP contribution in [0.5, 0.6) is 0 Å². The third kappa shape index (κ3) is 3.42. The molecule has 0 aromatic heterocycles. The van der Waals surface area contributed by atoms with Crippen molar-refractivity contribution in [3.05, 3.63) is 32.9 Å². The highest BCUT2D eigenvalue weighted by atomic mass is 127. The molecule has 1 amide bonds. The summed E-state index contributed by atoms with van der Waals surface area (Å²) in [6.45, 7) is 3.18. The van der Waals surface area contributed by atoms with E-state index in [0.717, 1.165) is 9.13 Å². The van der Waals surface area contributed by atoms with Crippen LogP contribution in [-0.2, 0) is 4.79 Å². The Morgan fingerprint density at radius 1 is 1.39 bits per heavy atom. The van der Waals surface area contributed by atoms with Crippen molar-refractivity contribution in [2.75, 3.05) is 0 Å². The SMILES string of the molecule is Cc1cccc(C(=O)N[C@H](C(=O)O)[C@@H](C)O)c1I. The van der Waals surface area contributed by atoms with E-state index >= 15 is 0 Å². The van der Waals surface area contributed by atoms with Gasteiger partial charge in [-0.15, -0.1) is 0 Å². The summed E-state index contributed by atoms with van der Waals surface area (Å²) in [5.41, 5.74) is 1.34. The fourth-order valence-corrected chi connectivity index (χ4v) is 2.03. The Kier molecular flexibility index (Phi) is 5.09. The first-order valence-corrected chi connectivity index (χ1v) is 6.39. The third-order valence-corrected chi connectivity index (χ3v) is 3.90. The minimum Gasteiger partial charge on any atom is -0.480 e. The van der Waals surface area contributed by atoms with E-state index in [1.54, 1.807) is 12.1 Å². The molecule has 3 N–H and O–H groups in total. The predicted octanol–water partition coefficient (Wildman–Crippen LogP) is 1.16. The molecule has 5 nitrogen and oxygen atoms in total. The van der Waals surface area contributed by atoms with Crippen molar-refractivity contribution >= 4 is 34.5 Å². The fourth-order valence-electron chi connectivity index (χ4n) is 1.43. The molecule has 1 aromatic rings. The van der Waals surface area contributed by atoms with Crippen LogP contribution in [0.25, 0.3) is 0 Å². The molecule has 0 heterocycles. The van der Waals surface area contributed by atoms with Crippen LogP contribution in [0, 0.1) is 10.5 Å². The molecule has 0 bridgehead atoms. The van der Waals surface area contributed by atoms with Gasteiger partial charge in [0.2, 0.25) is 0 Å². The number of aryl methyl sites for hydroxylation is 1. The predicted molar refractivity (Wildman–Crippen MR) is 74.5 cm³/mol. The second-order valence-corrected chi connectivity index (χ2v) is 5.05. The molecular formula is C12H14INO4. The molecule has 0 aliphatic heterocycles. The minimum absolute atomic E-state index is 0.405. The number of aliphatic hydroxyl groups is 1. The van der Waals surface area contributed by atoms with Crippen molar-refractivity contribution in [3.8, 4) is 0 Å². The lowest BCUT2D eigenvalue weighted by Crippen LogP contribution is -2.47. The number of benzene rings is 1. The summed E-state index contributed by atoms with van der Waals surface area (Å²) in [5, 5.41) is 20.5. The Morgan fingerprint density at radius 2 is 2.00 bits per heavy atom. The maximum Gasteiger partial charge on any atom is 0.328 e. The summed E-state index contributed by atoms with van der Waals surface area (Å²) in [5.74, 6) is -1.77. The van der Waals surface area contributed by atoms with E-state index in [-0.39, 0.29) is 0 Å². The highest BCUT2D eigenvalue weighted by molar-refractivity contribution is 14.1. The lowest BCUT2D eigenvalue weighted by molar-refractivity contribution is -0.141. The molecule has 0 saturated heterocycles. The highest BCUT2D eigenvalue weighted by Crippen LogP contribution is 2.16. The average Bonchev–Trinajstić information content (AvgIpc) is 2.28. The Bertz CT molecular complexity index is 473. The lowest BCUT2D eigenvalue weighted by atomic mass is 10.1. The van der Waals surface area contributed by atoms with E-state index in [9.17, 15) is 14.7 Å². The number of carboxylic acids is 1. The van der Waals surface area contributed by atoms with Crippen molar-refractivity contribution in [2.45, 2.75) is 26.0 Å². The van der Waals surface area contributed by atoms with E-state index in [4.69, 9.17) is 5.11 Å². The van der Waals surface area contributed by atoms with Crippen molar-refractivity contribution < 1.29 is 19.8 Å². The van der Waals surface area contributed by atoms with Crippen LogP contribution >= 0.6 is 22.6 Å². The Labute approximate surface area is 118 Å². The Hall–Kier alpha value is -1.15. The summed E-state index contributed by atoms with van der Waals surface area (Å²) in [6.07, 6.45) is -1.16. The van der Waals surface area contributed by atoms with Gasteiger partial charge in [0.15, 0.2) is 6.04 Å². The van der Waals surface area contributed by atoms with Gasteiger partial charge in [0.25, 0.3) is 5.91 Å². The molecule has 18 heavy (non-hydrogen) atoms. The molecule has 1 aromatic carbocycles. The van der Waals surface area contributed by atoms with Crippen molar-refractivity contribution in [2.24, 2.45) is 0 Å². The van der Waals surface area contributed by atoms with Gasteiger partial charge in [-0.05, 0) is 48.1 Å². The summed E-state index contributed by atoms with van der Waals surface area (Å²) >= 11 is 2.03. The van der Waals surface area contributed by atoms with Crippen LogP contribution in [0.15, 0.2) is 18.2 Å². The first-order chi connectivity index (χ1) is 8.34. The molecule has 0 radical (unpaired) electrons. The standard InChI is InChI=1S/C12H14INO4/c1-6-4-3-5-8(9(6)13)11(16)14-10(7(2)15)12(17)18/h3-5,7,10,15H,1-2H3,(H,14,16)(H,17,18)/t7-,10+/m1/s1. The molecule has 0 unspecified atom stereocenters. The number of carboxylic acid groups (broad SMARTS) is 1. The van der Waals surface area contributed by atoms with Crippen molar-refractivity contribution in [3.63, 3.8) is 0 Å². The zero-order chi connectivity index (χ0) is 13.9. The molecule has 98 valence electrons. The number of carbonyl (C=O) groups excluding carboxylic acids is 1. The number of hydrogen-bond donors (Lipinski definition) is 3. The van der Waals surface area contributed by atoms with Gasteiger partial charge in [-0.25, -0.2) is 4.79 Å². The molecule has 0 aliphatic rings. The van der Waals surface area contributed by atoms with Gasteiger partial charge in [-0.2, -0.15) is 0 Å². The van der Waals surface area contributed by atoms with Crippen LogP contribution in [0.4, 0.5) is 0 Å². The van der Waals surface area contributed by atoms with Gasteiger partial charge in [0, 0.05) is 3.57 Å². The zero-order valence-corrected chi connectivity index (χ0v) is 12.1. The van der Waals surface area contributed by atoms with E-state index in [1.807, 2.05) is 35.6 Å². The number of halogens is 1. The van der Waals surface area contributed by atoms with Crippen LogP contribution in [0.3, 0.4) is 0 Å². The smallest absolute Gasteiger partial charge is 0.328 e. The molecule has 0 saturated carbocycles. The monoisotopic (exact) mass is 363 g/mol. The van der Waals surface area contributed by atoms with Gasteiger partial charge in [-0.3, -0.25) is 4.79 Å². The lowest BCUT2D eigenvalue weighted by Gasteiger charge is -2.17. The maximum atomic E-state index is 11.9. The fraction of sp³-hybridized carbons (Fsp3) is 0.333. The maximum absolute atomic E-state index is 11.9. The number of hydrogen-bond acceptors (Lipinski definition) is 3. The molecule has 0 aliphatic carbocycles. The average molecular weight is 363 g/mol. The zero-order valence-electron chi connectivity index (χ0n) is 9.98. The number of aliphatic hydroxyl groups excluding tert-OH is 1. The second-order valence-electron chi connectivity index (χ2n) is 3.97.